The minimum Gasteiger partial charge on any atom is -0.378 e. The maximum Gasteiger partial charge on any atom is 0.272 e. The first-order valence-electron chi connectivity index (χ1n) is 11.5. The summed E-state index contributed by atoms with van der Waals surface area (Å²) in [7, 11) is 0. The van der Waals surface area contributed by atoms with Crippen molar-refractivity contribution in [2.24, 2.45) is 0 Å². The summed E-state index contributed by atoms with van der Waals surface area (Å²) >= 11 is 0. The third-order valence-corrected chi connectivity index (χ3v) is 5.84. The van der Waals surface area contributed by atoms with E-state index in [2.05, 4.69) is 15.6 Å². The van der Waals surface area contributed by atoms with Crippen LogP contribution in [0.3, 0.4) is 0 Å². The minimum atomic E-state index is -0.743. The number of hydrogen-bond donors (Lipinski definition) is 2. The highest BCUT2D eigenvalue weighted by Gasteiger charge is 2.22. The second kappa shape index (κ2) is 10.8. The van der Waals surface area contributed by atoms with Gasteiger partial charge < -0.3 is 10.6 Å². The molecule has 0 unspecified atom stereocenters. The van der Waals surface area contributed by atoms with Crippen LogP contribution < -0.4 is 16.2 Å². The van der Waals surface area contributed by atoms with E-state index in [9.17, 15) is 14.4 Å². The molecule has 0 saturated carbocycles. The fourth-order valence-corrected chi connectivity index (χ4v) is 3.94. The van der Waals surface area contributed by atoms with Crippen LogP contribution in [0.5, 0.6) is 0 Å². The first-order chi connectivity index (χ1) is 16.9. The maximum absolute atomic E-state index is 13.2. The standard InChI is InChI=1S/C28H28N4O3/c1-19-12-14-22(15-13-19)29-17-26(33)24(16-21-8-4-3-5-9-21)31-27(34)18-32-25-11-7-6-10-23(25)30-20(2)28(32)35/h3-15,24,29H,16-18H2,1-2H3,(H,31,34)/t24-/m1/s1. The molecule has 1 amide bonds. The van der Waals surface area contributed by atoms with Crippen molar-refractivity contribution in [1.82, 2.24) is 14.9 Å². The average molecular weight is 469 g/mol. The van der Waals surface area contributed by atoms with E-state index in [1.807, 2.05) is 67.6 Å². The molecule has 7 nitrogen and oxygen atoms in total. The van der Waals surface area contributed by atoms with Gasteiger partial charge in [-0.05, 0) is 50.1 Å². The smallest absolute Gasteiger partial charge is 0.272 e. The van der Waals surface area contributed by atoms with Crippen LogP contribution in [0.1, 0.15) is 16.8 Å². The topological polar surface area (TPSA) is 93.1 Å². The van der Waals surface area contributed by atoms with Gasteiger partial charge in [-0.15, -0.1) is 0 Å². The van der Waals surface area contributed by atoms with Crippen molar-refractivity contribution >= 4 is 28.4 Å². The molecule has 0 spiro atoms. The molecule has 0 fully saturated rings. The number of carbonyl (C=O) groups is 2. The Morgan fingerprint density at radius 2 is 1.60 bits per heavy atom. The number of nitrogens with one attached hydrogen (secondary N) is 2. The minimum absolute atomic E-state index is 0.0675. The molecule has 0 aliphatic carbocycles. The lowest BCUT2D eigenvalue weighted by Gasteiger charge is -2.19. The summed E-state index contributed by atoms with van der Waals surface area (Å²) in [5.74, 6) is -0.557. The highest BCUT2D eigenvalue weighted by Crippen LogP contribution is 2.11. The second-order valence-electron chi connectivity index (χ2n) is 8.57. The lowest BCUT2D eigenvalue weighted by molar-refractivity contribution is -0.127. The van der Waals surface area contributed by atoms with Crippen LogP contribution in [-0.2, 0) is 22.6 Å². The summed E-state index contributed by atoms with van der Waals surface area (Å²) in [5, 5.41) is 6.00. The number of fused-ring (bicyclic) bond motifs is 1. The maximum atomic E-state index is 13.2. The molecule has 0 saturated heterocycles. The van der Waals surface area contributed by atoms with Crippen LogP contribution in [0.25, 0.3) is 11.0 Å². The van der Waals surface area contributed by atoms with Crippen molar-refractivity contribution in [2.75, 3.05) is 11.9 Å². The molecule has 178 valence electrons. The van der Waals surface area contributed by atoms with Crippen LogP contribution in [0.2, 0.25) is 0 Å². The number of ketones is 1. The molecule has 3 aromatic carbocycles. The van der Waals surface area contributed by atoms with Crippen LogP contribution in [0.4, 0.5) is 5.69 Å². The molecule has 1 atom stereocenters. The van der Waals surface area contributed by atoms with Crippen molar-refractivity contribution in [3.8, 4) is 0 Å². The van der Waals surface area contributed by atoms with Gasteiger partial charge >= 0.3 is 0 Å². The number of aryl methyl sites for hydroxylation is 2. The Bertz CT molecular complexity index is 1400. The Labute approximate surface area is 203 Å². The summed E-state index contributed by atoms with van der Waals surface area (Å²) < 4.78 is 1.40. The lowest BCUT2D eigenvalue weighted by Crippen LogP contribution is -2.46. The zero-order chi connectivity index (χ0) is 24.8. The largest absolute Gasteiger partial charge is 0.378 e. The molecule has 1 aromatic heterocycles. The van der Waals surface area contributed by atoms with Crippen molar-refractivity contribution in [3.05, 3.63) is 106 Å². The number of Topliss-reactive ketones (excluding diaryl/α,β-unsaturated/α-hetero) is 1. The Kier molecular flexibility index (Phi) is 7.35. The molecule has 4 rings (SSSR count). The number of anilines is 1. The first-order valence-corrected chi connectivity index (χ1v) is 11.5. The second-order valence-corrected chi connectivity index (χ2v) is 8.57. The molecular weight excluding hydrogens is 440 g/mol. The highest BCUT2D eigenvalue weighted by atomic mass is 16.2. The van der Waals surface area contributed by atoms with Gasteiger partial charge in [0.1, 0.15) is 12.2 Å². The molecule has 0 bridgehead atoms. The summed E-state index contributed by atoms with van der Waals surface area (Å²) in [4.78, 5) is 43.3. The lowest BCUT2D eigenvalue weighted by atomic mass is 10.0. The van der Waals surface area contributed by atoms with Gasteiger partial charge in [0, 0.05) is 5.69 Å². The quantitative estimate of drug-likeness (QED) is 0.393. The van der Waals surface area contributed by atoms with Gasteiger partial charge in [-0.2, -0.15) is 0 Å². The third-order valence-electron chi connectivity index (χ3n) is 5.84. The van der Waals surface area contributed by atoms with Gasteiger partial charge in [0.15, 0.2) is 5.78 Å². The highest BCUT2D eigenvalue weighted by molar-refractivity contribution is 5.92. The van der Waals surface area contributed by atoms with Gasteiger partial charge in [0.25, 0.3) is 5.56 Å². The molecule has 2 N–H and O–H groups in total. The first kappa shape index (κ1) is 23.9. The van der Waals surface area contributed by atoms with E-state index in [1.54, 1.807) is 25.1 Å². The van der Waals surface area contributed by atoms with E-state index >= 15 is 0 Å². The van der Waals surface area contributed by atoms with Gasteiger partial charge in [-0.1, -0.05) is 60.2 Å². The normalized spacial score (nSPS) is 11.7. The zero-order valence-electron chi connectivity index (χ0n) is 19.8. The Hall–Kier alpha value is -4.26. The van der Waals surface area contributed by atoms with E-state index in [-0.39, 0.29) is 24.4 Å². The van der Waals surface area contributed by atoms with Gasteiger partial charge in [-0.25, -0.2) is 4.98 Å². The number of hydrogen-bond acceptors (Lipinski definition) is 5. The van der Waals surface area contributed by atoms with Crippen LogP contribution in [0, 0.1) is 13.8 Å². The molecule has 4 aromatic rings. The molecule has 0 aliphatic heterocycles. The zero-order valence-corrected chi connectivity index (χ0v) is 19.8. The number of para-hydroxylation sites is 2. The van der Waals surface area contributed by atoms with Gasteiger partial charge in [0.05, 0.1) is 23.6 Å². The number of rotatable bonds is 9. The number of nitrogens with zero attached hydrogens (tertiary/aromatic N) is 2. The van der Waals surface area contributed by atoms with E-state index in [4.69, 9.17) is 0 Å². The number of carbonyl (C=O) groups excluding carboxylic acids is 2. The predicted octanol–water partition coefficient (Wildman–Crippen LogP) is 3.42. The summed E-state index contributed by atoms with van der Waals surface area (Å²) in [6.45, 7) is 3.49. The molecule has 0 radical (unpaired) electrons. The molecule has 1 heterocycles. The fourth-order valence-electron chi connectivity index (χ4n) is 3.94. The Morgan fingerprint density at radius 1 is 0.914 bits per heavy atom. The molecular formula is C28H28N4O3. The van der Waals surface area contributed by atoms with E-state index < -0.39 is 11.9 Å². The van der Waals surface area contributed by atoms with E-state index in [0.29, 0.717) is 23.1 Å². The summed E-state index contributed by atoms with van der Waals surface area (Å²) in [5.41, 5.74) is 4.09. The molecule has 7 heteroatoms. The van der Waals surface area contributed by atoms with Crippen molar-refractivity contribution in [2.45, 2.75) is 32.9 Å². The average Bonchev–Trinajstić information content (AvgIpc) is 2.86. The summed E-state index contributed by atoms with van der Waals surface area (Å²) in [6, 6.07) is 23.7. The van der Waals surface area contributed by atoms with Crippen LogP contribution >= 0.6 is 0 Å². The van der Waals surface area contributed by atoms with Crippen LogP contribution in [0.15, 0.2) is 83.7 Å². The Morgan fingerprint density at radius 3 is 2.34 bits per heavy atom. The van der Waals surface area contributed by atoms with Crippen LogP contribution in [-0.4, -0.2) is 33.8 Å². The fraction of sp³-hybridized carbons (Fsp3) is 0.214. The van der Waals surface area contributed by atoms with E-state index in [1.165, 1.54) is 4.57 Å². The van der Waals surface area contributed by atoms with Crippen molar-refractivity contribution in [1.29, 1.82) is 0 Å². The third kappa shape index (κ3) is 6.00. The van der Waals surface area contributed by atoms with E-state index in [0.717, 1.165) is 16.8 Å². The Balaban J connectivity index is 1.52. The molecule has 0 aliphatic rings. The SMILES string of the molecule is Cc1ccc(NCC(=O)[C@@H](Cc2ccccc2)NC(=O)Cn2c(=O)c(C)nc3ccccc32)cc1. The summed E-state index contributed by atoms with van der Waals surface area (Å²) in [6.07, 6.45) is 0.353. The number of aromatic nitrogens is 2. The monoisotopic (exact) mass is 468 g/mol. The van der Waals surface area contributed by atoms with Crippen molar-refractivity contribution < 1.29 is 9.59 Å². The molecule has 35 heavy (non-hydrogen) atoms. The van der Waals surface area contributed by atoms with Gasteiger partial charge in [-0.3, -0.25) is 19.0 Å². The number of benzene rings is 3. The van der Waals surface area contributed by atoms with Gasteiger partial charge in [0.2, 0.25) is 5.91 Å². The predicted molar refractivity (Wildman–Crippen MR) is 137 cm³/mol. The van der Waals surface area contributed by atoms with Crippen molar-refractivity contribution in [3.63, 3.8) is 0 Å². The number of amides is 1.